The molecule has 0 atom stereocenters. The van der Waals surface area contributed by atoms with E-state index < -0.39 is 0 Å². The zero-order chi connectivity index (χ0) is 14.4. The van der Waals surface area contributed by atoms with E-state index in [0.29, 0.717) is 22.9 Å². The number of carbonyl (C=O) groups excluding carboxylic acids is 1. The number of amides is 1. The molecule has 0 fully saturated rings. The van der Waals surface area contributed by atoms with Crippen molar-refractivity contribution in [2.24, 2.45) is 0 Å². The van der Waals surface area contributed by atoms with Crippen LogP contribution in [0.25, 0.3) is 0 Å². The van der Waals surface area contributed by atoms with Crippen molar-refractivity contribution in [1.82, 2.24) is 10.2 Å². The molecule has 0 bridgehead atoms. The van der Waals surface area contributed by atoms with Crippen LogP contribution in [-0.4, -0.2) is 45.1 Å². The standard InChI is InChI=1S/C13H18ClIN2O2/c1-17(2)6-4-5-16-13(18)9-7-10(14)11(15)8-12(9)19-3/h7-8H,4-6H2,1-3H3,(H,16,18). The van der Waals surface area contributed by atoms with Crippen LogP contribution >= 0.6 is 34.2 Å². The second-order valence-corrected chi connectivity index (χ2v) is 5.95. The van der Waals surface area contributed by atoms with Crippen molar-refractivity contribution in [3.05, 3.63) is 26.3 Å². The molecule has 1 aromatic carbocycles. The number of halogens is 2. The van der Waals surface area contributed by atoms with Gasteiger partial charge in [0.1, 0.15) is 5.75 Å². The van der Waals surface area contributed by atoms with Crippen molar-refractivity contribution >= 4 is 40.1 Å². The van der Waals surface area contributed by atoms with Gasteiger partial charge in [0.25, 0.3) is 5.91 Å². The summed E-state index contributed by atoms with van der Waals surface area (Å²) in [6, 6.07) is 3.40. The molecule has 0 saturated carbocycles. The minimum Gasteiger partial charge on any atom is -0.496 e. The number of carbonyl (C=O) groups is 1. The number of hydrogen-bond acceptors (Lipinski definition) is 3. The molecule has 106 valence electrons. The molecule has 1 aromatic rings. The maximum absolute atomic E-state index is 12.1. The summed E-state index contributed by atoms with van der Waals surface area (Å²) in [6.07, 6.45) is 0.902. The van der Waals surface area contributed by atoms with Crippen LogP contribution < -0.4 is 10.1 Å². The average molecular weight is 397 g/mol. The Labute approximate surface area is 132 Å². The SMILES string of the molecule is COc1cc(I)c(Cl)cc1C(=O)NCCCN(C)C. The molecule has 4 nitrogen and oxygen atoms in total. The maximum Gasteiger partial charge on any atom is 0.255 e. The van der Waals surface area contributed by atoms with Gasteiger partial charge in [-0.1, -0.05) is 11.6 Å². The van der Waals surface area contributed by atoms with Crippen molar-refractivity contribution in [3.63, 3.8) is 0 Å². The molecular weight excluding hydrogens is 379 g/mol. The fraction of sp³-hybridized carbons (Fsp3) is 0.462. The Morgan fingerprint density at radius 3 is 2.74 bits per heavy atom. The van der Waals surface area contributed by atoms with Crippen molar-refractivity contribution in [3.8, 4) is 5.75 Å². The molecule has 0 aliphatic heterocycles. The van der Waals surface area contributed by atoms with Gasteiger partial charge in [-0.15, -0.1) is 0 Å². The highest BCUT2D eigenvalue weighted by molar-refractivity contribution is 14.1. The number of benzene rings is 1. The summed E-state index contributed by atoms with van der Waals surface area (Å²) in [5.74, 6) is 0.382. The lowest BCUT2D eigenvalue weighted by Crippen LogP contribution is -2.27. The average Bonchev–Trinajstić information content (AvgIpc) is 2.36. The predicted octanol–water partition coefficient (Wildman–Crippen LogP) is 2.63. The molecule has 19 heavy (non-hydrogen) atoms. The number of methoxy groups -OCH3 is 1. The zero-order valence-corrected chi connectivity index (χ0v) is 14.2. The van der Waals surface area contributed by atoms with E-state index in [1.54, 1.807) is 19.2 Å². The monoisotopic (exact) mass is 396 g/mol. The Bertz CT molecular complexity index is 453. The molecule has 0 aliphatic rings. The van der Waals surface area contributed by atoms with E-state index in [2.05, 4.69) is 32.8 Å². The van der Waals surface area contributed by atoms with Gasteiger partial charge in [0, 0.05) is 10.1 Å². The van der Waals surface area contributed by atoms with Crippen LogP contribution in [0.3, 0.4) is 0 Å². The fourth-order valence-corrected chi connectivity index (χ4v) is 2.17. The number of ether oxygens (including phenoxy) is 1. The summed E-state index contributed by atoms with van der Waals surface area (Å²) < 4.78 is 6.08. The third-order valence-corrected chi connectivity index (χ3v) is 4.08. The van der Waals surface area contributed by atoms with E-state index in [9.17, 15) is 4.79 Å². The normalized spacial score (nSPS) is 10.6. The predicted molar refractivity (Wildman–Crippen MR) is 86.2 cm³/mol. The second kappa shape index (κ2) is 7.91. The summed E-state index contributed by atoms with van der Waals surface area (Å²) in [5.41, 5.74) is 0.470. The van der Waals surface area contributed by atoms with Gasteiger partial charge in [0.2, 0.25) is 0 Å². The summed E-state index contributed by atoms with van der Waals surface area (Å²) in [6.45, 7) is 1.56. The molecule has 1 amide bonds. The first-order valence-electron chi connectivity index (χ1n) is 5.91. The number of rotatable bonds is 6. The highest BCUT2D eigenvalue weighted by atomic mass is 127. The van der Waals surface area contributed by atoms with Gasteiger partial charge in [0.15, 0.2) is 0 Å². The Hall–Kier alpha value is -0.530. The van der Waals surface area contributed by atoms with Crippen LogP contribution in [0.5, 0.6) is 5.75 Å². The minimum absolute atomic E-state index is 0.158. The Morgan fingerprint density at radius 1 is 1.47 bits per heavy atom. The van der Waals surface area contributed by atoms with Crippen LogP contribution in [-0.2, 0) is 0 Å². The van der Waals surface area contributed by atoms with Crippen LogP contribution in [0, 0.1) is 3.57 Å². The molecule has 6 heteroatoms. The highest BCUT2D eigenvalue weighted by Gasteiger charge is 2.14. The van der Waals surface area contributed by atoms with Gasteiger partial charge in [-0.05, 0) is 61.8 Å². The van der Waals surface area contributed by atoms with Gasteiger partial charge in [-0.25, -0.2) is 0 Å². The van der Waals surface area contributed by atoms with E-state index >= 15 is 0 Å². The van der Waals surface area contributed by atoms with Gasteiger partial charge in [-0.3, -0.25) is 4.79 Å². The highest BCUT2D eigenvalue weighted by Crippen LogP contribution is 2.28. The summed E-state index contributed by atoms with van der Waals surface area (Å²) in [4.78, 5) is 14.1. The van der Waals surface area contributed by atoms with Gasteiger partial charge < -0.3 is 15.0 Å². The molecule has 1 rings (SSSR count). The molecular formula is C13H18ClIN2O2. The largest absolute Gasteiger partial charge is 0.496 e. The number of nitrogens with one attached hydrogen (secondary N) is 1. The van der Waals surface area contributed by atoms with Crippen molar-refractivity contribution in [1.29, 1.82) is 0 Å². The third-order valence-electron chi connectivity index (χ3n) is 2.55. The molecule has 0 radical (unpaired) electrons. The quantitative estimate of drug-likeness (QED) is 0.594. The van der Waals surface area contributed by atoms with Crippen LogP contribution in [0.4, 0.5) is 0 Å². The lowest BCUT2D eigenvalue weighted by Gasteiger charge is -2.12. The Balaban J connectivity index is 2.68. The van der Waals surface area contributed by atoms with Crippen molar-refractivity contribution in [2.75, 3.05) is 34.3 Å². The third kappa shape index (κ3) is 5.16. The van der Waals surface area contributed by atoms with Crippen LogP contribution in [0.15, 0.2) is 12.1 Å². The van der Waals surface area contributed by atoms with Gasteiger partial charge >= 0.3 is 0 Å². The topological polar surface area (TPSA) is 41.6 Å². The van der Waals surface area contributed by atoms with E-state index in [1.807, 2.05) is 14.1 Å². The fourth-order valence-electron chi connectivity index (χ4n) is 1.57. The molecule has 0 aliphatic carbocycles. The molecule has 1 N–H and O–H groups in total. The summed E-state index contributed by atoms with van der Waals surface area (Å²) in [5, 5.41) is 3.42. The smallest absolute Gasteiger partial charge is 0.255 e. The van der Waals surface area contributed by atoms with Gasteiger partial charge in [0.05, 0.1) is 17.7 Å². The summed E-state index contributed by atoms with van der Waals surface area (Å²) in [7, 11) is 5.55. The van der Waals surface area contributed by atoms with E-state index in [4.69, 9.17) is 16.3 Å². The van der Waals surface area contributed by atoms with Crippen molar-refractivity contribution in [2.45, 2.75) is 6.42 Å². The van der Waals surface area contributed by atoms with Gasteiger partial charge in [-0.2, -0.15) is 0 Å². The number of hydrogen-bond donors (Lipinski definition) is 1. The van der Waals surface area contributed by atoms with Crippen molar-refractivity contribution < 1.29 is 9.53 Å². The van der Waals surface area contributed by atoms with E-state index in [1.165, 1.54) is 0 Å². The molecule has 0 heterocycles. The molecule has 0 spiro atoms. The molecule has 0 saturated heterocycles. The van der Waals surface area contributed by atoms with E-state index in [-0.39, 0.29) is 5.91 Å². The first kappa shape index (κ1) is 16.5. The maximum atomic E-state index is 12.1. The van der Waals surface area contributed by atoms with E-state index in [0.717, 1.165) is 16.5 Å². The zero-order valence-electron chi connectivity index (χ0n) is 11.3. The Kier molecular flexibility index (Phi) is 6.88. The summed E-state index contributed by atoms with van der Waals surface area (Å²) >= 11 is 8.15. The first-order chi connectivity index (χ1) is 8.95. The lowest BCUT2D eigenvalue weighted by molar-refractivity contribution is 0.0949. The number of nitrogens with zero attached hydrogens (tertiary/aromatic N) is 1. The first-order valence-corrected chi connectivity index (χ1v) is 7.37. The molecule has 0 unspecified atom stereocenters. The Morgan fingerprint density at radius 2 is 2.16 bits per heavy atom. The molecule has 0 aromatic heterocycles. The second-order valence-electron chi connectivity index (χ2n) is 4.38. The van der Waals surface area contributed by atoms with Crippen LogP contribution in [0.1, 0.15) is 16.8 Å². The van der Waals surface area contributed by atoms with Crippen LogP contribution in [0.2, 0.25) is 5.02 Å². The minimum atomic E-state index is -0.158. The lowest BCUT2D eigenvalue weighted by atomic mass is 10.2.